The molecule has 1 saturated carbocycles. The minimum atomic E-state index is -0.134. The van der Waals surface area contributed by atoms with Crippen LogP contribution in [0, 0.1) is 0 Å². The molecule has 0 radical (unpaired) electrons. The summed E-state index contributed by atoms with van der Waals surface area (Å²) in [4.78, 5) is 25.7. The molecule has 1 fully saturated rings. The molecule has 0 bridgehead atoms. The van der Waals surface area contributed by atoms with Crippen LogP contribution in [0.25, 0.3) is 17.3 Å². The molecule has 8 nitrogen and oxygen atoms in total. The molecule has 0 aliphatic heterocycles. The molecular formula is C21H26N6O2. The van der Waals surface area contributed by atoms with E-state index in [2.05, 4.69) is 25.4 Å². The first kappa shape index (κ1) is 19.3. The molecule has 3 heterocycles. The standard InChI is InChI=1S/C21H26N6O2/c1-14(2)19-25-21(29-26-19)15-9-10-22-18(11-15)27-12-17(23-13-27)20(28)24-16-7-5-3-4-6-8-16/h9-14,16H,3-8H2,1-2H3,(H,24,28). The number of carbonyl (C=O) groups excluding carboxylic acids is 1. The van der Waals surface area contributed by atoms with Crippen molar-refractivity contribution in [2.24, 2.45) is 0 Å². The van der Waals surface area contributed by atoms with Gasteiger partial charge in [0, 0.05) is 29.9 Å². The van der Waals surface area contributed by atoms with Crippen molar-refractivity contribution in [3.8, 4) is 17.3 Å². The first-order valence-electron chi connectivity index (χ1n) is 10.3. The second-order valence-electron chi connectivity index (χ2n) is 7.84. The monoisotopic (exact) mass is 394 g/mol. The minimum absolute atomic E-state index is 0.134. The number of nitrogens with one attached hydrogen (secondary N) is 1. The Hall–Kier alpha value is -3.03. The molecule has 8 heteroatoms. The van der Waals surface area contributed by atoms with E-state index in [1.54, 1.807) is 23.3 Å². The van der Waals surface area contributed by atoms with E-state index in [-0.39, 0.29) is 17.9 Å². The number of nitrogens with zero attached hydrogens (tertiary/aromatic N) is 5. The number of hydrogen-bond donors (Lipinski definition) is 1. The van der Waals surface area contributed by atoms with Crippen LogP contribution in [0.2, 0.25) is 0 Å². The summed E-state index contributed by atoms with van der Waals surface area (Å²) < 4.78 is 7.09. The fourth-order valence-corrected chi connectivity index (χ4v) is 3.53. The highest BCUT2D eigenvalue weighted by Gasteiger charge is 2.18. The normalized spacial score (nSPS) is 15.4. The zero-order chi connectivity index (χ0) is 20.2. The van der Waals surface area contributed by atoms with Gasteiger partial charge in [-0.25, -0.2) is 9.97 Å². The van der Waals surface area contributed by atoms with E-state index >= 15 is 0 Å². The molecule has 4 rings (SSSR count). The highest BCUT2D eigenvalue weighted by molar-refractivity contribution is 5.92. The van der Waals surface area contributed by atoms with Crippen LogP contribution in [0.5, 0.6) is 0 Å². The predicted molar refractivity (Wildman–Crippen MR) is 108 cm³/mol. The zero-order valence-electron chi connectivity index (χ0n) is 16.8. The van der Waals surface area contributed by atoms with Gasteiger partial charge in [-0.15, -0.1) is 0 Å². The SMILES string of the molecule is CC(C)c1noc(-c2ccnc(-n3cnc(C(=O)NC4CCCCCC4)c3)c2)n1. The summed E-state index contributed by atoms with van der Waals surface area (Å²) >= 11 is 0. The average molecular weight is 394 g/mol. The third-order valence-electron chi connectivity index (χ3n) is 5.22. The molecule has 0 spiro atoms. The minimum Gasteiger partial charge on any atom is -0.348 e. The predicted octanol–water partition coefficient (Wildman–Crippen LogP) is 3.89. The third kappa shape index (κ3) is 4.52. The van der Waals surface area contributed by atoms with E-state index in [1.807, 2.05) is 26.0 Å². The van der Waals surface area contributed by atoms with Crippen molar-refractivity contribution < 1.29 is 9.32 Å². The zero-order valence-corrected chi connectivity index (χ0v) is 16.8. The number of aromatic nitrogens is 5. The quantitative estimate of drug-likeness (QED) is 0.659. The van der Waals surface area contributed by atoms with E-state index < -0.39 is 0 Å². The molecule has 0 aromatic carbocycles. The summed E-state index contributed by atoms with van der Waals surface area (Å²) in [5.74, 6) is 1.80. The van der Waals surface area contributed by atoms with Crippen LogP contribution in [-0.4, -0.2) is 36.6 Å². The maximum absolute atomic E-state index is 12.6. The number of carbonyl (C=O) groups is 1. The molecule has 0 atom stereocenters. The summed E-state index contributed by atoms with van der Waals surface area (Å²) in [5, 5.41) is 7.13. The first-order chi connectivity index (χ1) is 14.1. The number of rotatable bonds is 5. The van der Waals surface area contributed by atoms with Crippen molar-refractivity contribution >= 4 is 5.91 Å². The van der Waals surface area contributed by atoms with Crippen LogP contribution in [0.1, 0.15) is 74.6 Å². The molecule has 3 aromatic rings. The van der Waals surface area contributed by atoms with Crippen LogP contribution in [0.3, 0.4) is 0 Å². The Bertz CT molecular complexity index is 969. The summed E-state index contributed by atoms with van der Waals surface area (Å²) in [5.41, 5.74) is 1.16. The van der Waals surface area contributed by atoms with Crippen molar-refractivity contribution in [1.82, 2.24) is 30.0 Å². The molecule has 1 aliphatic rings. The van der Waals surface area contributed by atoms with Crippen LogP contribution < -0.4 is 5.32 Å². The molecule has 0 unspecified atom stereocenters. The molecule has 0 saturated heterocycles. The Morgan fingerprint density at radius 1 is 1.21 bits per heavy atom. The Balaban J connectivity index is 1.49. The lowest BCUT2D eigenvalue weighted by Gasteiger charge is -2.15. The van der Waals surface area contributed by atoms with E-state index in [0.717, 1.165) is 18.4 Å². The van der Waals surface area contributed by atoms with Gasteiger partial charge in [0.05, 0.1) is 0 Å². The van der Waals surface area contributed by atoms with E-state index in [9.17, 15) is 4.79 Å². The van der Waals surface area contributed by atoms with Gasteiger partial charge >= 0.3 is 0 Å². The lowest BCUT2D eigenvalue weighted by atomic mass is 10.1. The summed E-state index contributed by atoms with van der Waals surface area (Å²) in [6.45, 7) is 4.03. The summed E-state index contributed by atoms with van der Waals surface area (Å²) in [7, 11) is 0. The second-order valence-corrected chi connectivity index (χ2v) is 7.84. The molecule has 29 heavy (non-hydrogen) atoms. The largest absolute Gasteiger partial charge is 0.348 e. The maximum Gasteiger partial charge on any atom is 0.271 e. The molecule has 1 N–H and O–H groups in total. The van der Waals surface area contributed by atoms with Gasteiger partial charge in [-0.3, -0.25) is 9.36 Å². The molecule has 152 valence electrons. The fraction of sp³-hybridized carbons (Fsp3) is 0.476. The van der Waals surface area contributed by atoms with Crippen LogP contribution in [-0.2, 0) is 0 Å². The molecule has 1 amide bonds. The number of imidazole rings is 1. The first-order valence-corrected chi connectivity index (χ1v) is 10.3. The van der Waals surface area contributed by atoms with E-state index in [4.69, 9.17) is 4.52 Å². The Labute approximate surface area is 169 Å². The van der Waals surface area contributed by atoms with Crippen molar-refractivity contribution in [3.05, 3.63) is 42.4 Å². The summed E-state index contributed by atoms with van der Waals surface area (Å²) in [6, 6.07) is 3.90. The Kier molecular flexibility index (Phi) is 5.69. The lowest BCUT2D eigenvalue weighted by Crippen LogP contribution is -2.34. The lowest BCUT2D eigenvalue weighted by molar-refractivity contribution is 0.0928. The fourth-order valence-electron chi connectivity index (χ4n) is 3.53. The Morgan fingerprint density at radius 3 is 2.72 bits per heavy atom. The van der Waals surface area contributed by atoms with Crippen LogP contribution in [0.4, 0.5) is 0 Å². The Morgan fingerprint density at radius 2 is 2.00 bits per heavy atom. The van der Waals surface area contributed by atoms with Gasteiger partial charge < -0.3 is 9.84 Å². The summed E-state index contributed by atoms with van der Waals surface area (Å²) in [6.07, 6.45) is 11.9. The smallest absolute Gasteiger partial charge is 0.271 e. The van der Waals surface area contributed by atoms with Gasteiger partial charge in [-0.2, -0.15) is 4.98 Å². The number of amides is 1. The van der Waals surface area contributed by atoms with Crippen molar-refractivity contribution in [3.63, 3.8) is 0 Å². The van der Waals surface area contributed by atoms with Crippen molar-refractivity contribution in [1.29, 1.82) is 0 Å². The molecular weight excluding hydrogens is 368 g/mol. The highest BCUT2D eigenvalue weighted by atomic mass is 16.5. The second kappa shape index (κ2) is 8.55. The topological polar surface area (TPSA) is 98.7 Å². The molecule has 3 aromatic heterocycles. The van der Waals surface area contributed by atoms with Gasteiger partial charge in [0.2, 0.25) is 0 Å². The van der Waals surface area contributed by atoms with Gasteiger partial charge in [0.15, 0.2) is 5.82 Å². The maximum atomic E-state index is 12.6. The highest BCUT2D eigenvalue weighted by Crippen LogP contribution is 2.22. The van der Waals surface area contributed by atoms with Gasteiger partial charge in [0.1, 0.15) is 17.8 Å². The van der Waals surface area contributed by atoms with Crippen LogP contribution >= 0.6 is 0 Å². The number of hydrogen-bond acceptors (Lipinski definition) is 6. The van der Waals surface area contributed by atoms with Crippen molar-refractivity contribution in [2.75, 3.05) is 0 Å². The van der Waals surface area contributed by atoms with E-state index in [1.165, 1.54) is 25.7 Å². The number of pyridine rings is 1. The van der Waals surface area contributed by atoms with Crippen molar-refractivity contribution in [2.45, 2.75) is 64.3 Å². The van der Waals surface area contributed by atoms with Gasteiger partial charge in [-0.1, -0.05) is 44.7 Å². The van der Waals surface area contributed by atoms with Crippen LogP contribution in [0.15, 0.2) is 35.4 Å². The average Bonchev–Trinajstić information content (AvgIpc) is 3.35. The van der Waals surface area contributed by atoms with Gasteiger partial charge in [0.25, 0.3) is 11.8 Å². The third-order valence-corrected chi connectivity index (χ3v) is 5.22. The van der Waals surface area contributed by atoms with Gasteiger partial charge in [-0.05, 0) is 25.0 Å². The van der Waals surface area contributed by atoms with E-state index in [0.29, 0.717) is 23.2 Å². The molecule has 1 aliphatic carbocycles.